The molecule has 3 rings (SSSR count). The highest BCUT2D eigenvalue weighted by atomic mass is 16.3. The van der Waals surface area contributed by atoms with Crippen molar-refractivity contribution in [2.45, 2.75) is 58.1 Å². The Morgan fingerprint density at radius 1 is 1.27 bits per heavy atom. The summed E-state index contributed by atoms with van der Waals surface area (Å²) in [7, 11) is 0. The monoisotopic (exact) mass is 301 g/mol. The van der Waals surface area contributed by atoms with E-state index >= 15 is 0 Å². The molecule has 1 saturated carbocycles. The molecule has 2 aromatic rings. The summed E-state index contributed by atoms with van der Waals surface area (Å²) >= 11 is 0. The van der Waals surface area contributed by atoms with Crippen molar-refractivity contribution in [3.8, 4) is 0 Å². The number of carbonyl (C=O) groups excluding carboxylic acids is 1. The molecule has 1 heterocycles. The van der Waals surface area contributed by atoms with Gasteiger partial charge in [-0.3, -0.25) is 4.79 Å². The Balaban J connectivity index is 1.68. The topological polar surface area (TPSA) is 62.5 Å². The van der Waals surface area contributed by atoms with Gasteiger partial charge in [-0.25, -0.2) is 0 Å². The van der Waals surface area contributed by atoms with Gasteiger partial charge >= 0.3 is 0 Å². The van der Waals surface area contributed by atoms with Gasteiger partial charge < -0.3 is 14.8 Å². The quantitative estimate of drug-likeness (QED) is 0.916. The van der Waals surface area contributed by atoms with Crippen LogP contribution in [0.3, 0.4) is 0 Å². The first-order chi connectivity index (χ1) is 10.5. The summed E-state index contributed by atoms with van der Waals surface area (Å²) in [6, 6.07) is 4.29. The number of rotatable bonds is 3. The molecule has 1 aliphatic carbocycles. The number of hydrogen-bond acceptors (Lipinski definition) is 3. The number of fused-ring (bicyclic) bond motifs is 1. The highest BCUT2D eigenvalue weighted by molar-refractivity contribution is 5.89. The number of benzene rings is 1. The third-order valence-corrected chi connectivity index (χ3v) is 4.75. The van der Waals surface area contributed by atoms with Gasteiger partial charge in [-0.2, -0.15) is 0 Å². The van der Waals surface area contributed by atoms with E-state index in [4.69, 9.17) is 4.42 Å². The summed E-state index contributed by atoms with van der Waals surface area (Å²) in [5.74, 6) is 0.0299. The fourth-order valence-electron chi connectivity index (χ4n) is 3.20. The minimum Gasteiger partial charge on any atom is -0.464 e. The Kier molecular flexibility index (Phi) is 4.21. The number of aliphatic hydroxyl groups is 1. The first-order valence-corrected chi connectivity index (χ1v) is 7.98. The van der Waals surface area contributed by atoms with E-state index in [9.17, 15) is 9.90 Å². The largest absolute Gasteiger partial charge is 0.464 e. The molecule has 118 valence electrons. The molecule has 1 aliphatic rings. The summed E-state index contributed by atoms with van der Waals surface area (Å²) in [6.45, 7) is 4.10. The third-order valence-electron chi connectivity index (χ3n) is 4.75. The Morgan fingerprint density at radius 2 is 2.00 bits per heavy atom. The van der Waals surface area contributed by atoms with Crippen LogP contribution in [0.2, 0.25) is 0 Å². The van der Waals surface area contributed by atoms with Crippen LogP contribution in [0.1, 0.15) is 42.4 Å². The molecular weight excluding hydrogens is 278 g/mol. The van der Waals surface area contributed by atoms with Crippen molar-refractivity contribution in [2.75, 3.05) is 0 Å². The van der Waals surface area contributed by atoms with E-state index in [1.54, 1.807) is 6.26 Å². The lowest BCUT2D eigenvalue weighted by Crippen LogP contribution is -2.39. The molecule has 2 N–H and O–H groups in total. The maximum Gasteiger partial charge on any atom is 0.224 e. The van der Waals surface area contributed by atoms with Gasteiger partial charge in [-0.1, -0.05) is 12.1 Å². The van der Waals surface area contributed by atoms with Crippen molar-refractivity contribution >= 4 is 16.9 Å². The van der Waals surface area contributed by atoms with Crippen LogP contribution in [0, 0.1) is 13.8 Å². The van der Waals surface area contributed by atoms with Crippen molar-refractivity contribution in [3.05, 3.63) is 35.1 Å². The van der Waals surface area contributed by atoms with Crippen LogP contribution >= 0.6 is 0 Å². The minimum atomic E-state index is -0.197. The molecule has 4 nitrogen and oxygen atoms in total. The predicted octanol–water partition coefficient (Wildman–Crippen LogP) is 3.01. The average molecular weight is 301 g/mol. The number of nitrogens with one attached hydrogen (secondary N) is 1. The van der Waals surface area contributed by atoms with E-state index in [1.165, 1.54) is 5.56 Å². The molecular formula is C18H23NO3. The summed E-state index contributed by atoms with van der Waals surface area (Å²) in [5.41, 5.74) is 4.14. The van der Waals surface area contributed by atoms with E-state index in [0.29, 0.717) is 6.42 Å². The van der Waals surface area contributed by atoms with E-state index < -0.39 is 0 Å². The molecule has 4 heteroatoms. The Bertz CT molecular complexity index is 681. The molecule has 1 fully saturated rings. The highest BCUT2D eigenvalue weighted by Crippen LogP contribution is 2.27. The smallest absolute Gasteiger partial charge is 0.224 e. The first-order valence-electron chi connectivity index (χ1n) is 7.98. The normalized spacial score (nSPS) is 22.0. The summed E-state index contributed by atoms with van der Waals surface area (Å²) < 4.78 is 5.65. The molecule has 0 atom stereocenters. The predicted molar refractivity (Wildman–Crippen MR) is 85.8 cm³/mol. The van der Waals surface area contributed by atoms with Crippen LogP contribution < -0.4 is 5.32 Å². The Labute approximate surface area is 130 Å². The summed E-state index contributed by atoms with van der Waals surface area (Å²) in [5, 5.41) is 13.6. The minimum absolute atomic E-state index is 0.0299. The van der Waals surface area contributed by atoms with E-state index in [-0.39, 0.29) is 18.1 Å². The molecule has 22 heavy (non-hydrogen) atoms. The number of hydrogen-bond donors (Lipinski definition) is 2. The Hall–Kier alpha value is -1.81. The van der Waals surface area contributed by atoms with E-state index in [0.717, 1.165) is 47.8 Å². The van der Waals surface area contributed by atoms with Gasteiger partial charge in [0.05, 0.1) is 18.8 Å². The molecule has 1 aromatic heterocycles. The van der Waals surface area contributed by atoms with Crippen LogP contribution in [-0.4, -0.2) is 23.2 Å². The first kappa shape index (κ1) is 15.1. The third kappa shape index (κ3) is 3.02. The van der Waals surface area contributed by atoms with Crippen LogP contribution in [0.15, 0.2) is 22.8 Å². The molecule has 0 radical (unpaired) electrons. The molecule has 0 saturated heterocycles. The second-order valence-electron chi connectivity index (χ2n) is 6.39. The number of carbonyl (C=O) groups is 1. The standard InChI is InChI=1S/C18H23NO3/c1-11-3-8-16-13(10-22-18(16)12(11)2)9-17(21)19-14-4-6-15(20)7-5-14/h3,8,10,14-15,20H,4-7,9H2,1-2H3,(H,19,21). The van der Waals surface area contributed by atoms with Crippen LogP contribution in [0.5, 0.6) is 0 Å². The fourth-order valence-corrected chi connectivity index (χ4v) is 3.20. The van der Waals surface area contributed by atoms with Gasteiger partial charge in [0.1, 0.15) is 5.58 Å². The number of aryl methyl sites for hydroxylation is 2. The number of aliphatic hydroxyl groups excluding tert-OH is 1. The fraction of sp³-hybridized carbons (Fsp3) is 0.500. The maximum absolute atomic E-state index is 12.2. The van der Waals surface area contributed by atoms with Gasteiger partial charge in [0, 0.05) is 17.0 Å². The average Bonchev–Trinajstić information content (AvgIpc) is 2.89. The van der Waals surface area contributed by atoms with Crippen molar-refractivity contribution < 1.29 is 14.3 Å². The molecule has 0 spiro atoms. The zero-order chi connectivity index (χ0) is 15.7. The maximum atomic E-state index is 12.2. The van der Waals surface area contributed by atoms with Crippen LogP contribution in [-0.2, 0) is 11.2 Å². The van der Waals surface area contributed by atoms with Gasteiger partial charge in [0.15, 0.2) is 0 Å². The van der Waals surface area contributed by atoms with Crippen molar-refractivity contribution in [1.82, 2.24) is 5.32 Å². The molecule has 1 amide bonds. The van der Waals surface area contributed by atoms with Crippen molar-refractivity contribution in [3.63, 3.8) is 0 Å². The van der Waals surface area contributed by atoms with Crippen molar-refractivity contribution in [2.24, 2.45) is 0 Å². The number of furan rings is 1. The molecule has 0 aliphatic heterocycles. The second kappa shape index (κ2) is 6.13. The van der Waals surface area contributed by atoms with E-state index in [2.05, 4.69) is 18.3 Å². The SMILES string of the molecule is Cc1ccc2c(CC(=O)NC3CCC(O)CC3)coc2c1C. The summed E-state index contributed by atoms with van der Waals surface area (Å²) in [6.07, 6.45) is 5.11. The Morgan fingerprint density at radius 3 is 2.73 bits per heavy atom. The second-order valence-corrected chi connectivity index (χ2v) is 6.39. The van der Waals surface area contributed by atoms with Crippen molar-refractivity contribution in [1.29, 1.82) is 0 Å². The summed E-state index contributed by atoms with van der Waals surface area (Å²) in [4.78, 5) is 12.2. The van der Waals surface area contributed by atoms with Gasteiger partial charge in [-0.15, -0.1) is 0 Å². The lowest BCUT2D eigenvalue weighted by atomic mass is 9.93. The number of amides is 1. The molecule has 0 unspecified atom stereocenters. The highest BCUT2D eigenvalue weighted by Gasteiger charge is 2.21. The lowest BCUT2D eigenvalue weighted by molar-refractivity contribution is -0.121. The molecule has 0 bridgehead atoms. The zero-order valence-corrected chi connectivity index (χ0v) is 13.2. The van der Waals surface area contributed by atoms with Crippen LogP contribution in [0.4, 0.5) is 0 Å². The van der Waals surface area contributed by atoms with Gasteiger partial charge in [-0.05, 0) is 50.7 Å². The van der Waals surface area contributed by atoms with Gasteiger partial charge in [0.25, 0.3) is 0 Å². The lowest BCUT2D eigenvalue weighted by Gasteiger charge is -2.26. The van der Waals surface area contributed by atoms with Gasteiger partial charge in [0.2, 0.25) is 5.91 Å². The zero-order valence-electron chi connectivity index (χ0n) is 13.2. The molecule has 1 aromatic carbocycles. The van der Waals surface area contributed by atoms with E-state index in [1.807, 2.05) is 13.0 Å². The van der Waals surface area contributed by atoms with Crippen LogP contribution in [0.25, 0.3) is 11.0 Å².